The Hall–Kier alpha value is -1.69. The van der Waals surface area contributed by atoms with Crippen LogP contribution in [0.3, 0.4) is 0 Å². The van der Waals surface area contributed by atoms with Gasteiger partial charge in [0.25, 0.3) is 0 Å². The average molecular weight is 597 g/mol. The summed E-state index contributed by atoms with van der Waals surface area (Å²) < 4.78 is 17.5. The highest BCUT2D eigenvalue weighted by Crippen LogP contribution is 2.75. The van der Waals surface area contributed by atoms with Crippen molar-refractivity contribution in [2.24, 2.45) is 50.2 Å². The Morgan fingerprint density at radius 2 is 1.65 bits per heavy atom. The molecular formula is C37H56O6. The van der Waals surface area contributed by atoms with E-state index in [1.807, 2.05) is 0 Å². The largest absolute Gasteiger partial charge is 0.463 e. The number of ketones is 1. The lowest BCUT2D eigenvalue weighted by Gasteiger charge is -2.70. The summed E-state index contributed by atoms with van der Waals surface area (Å²) in [5, 5.41) is 0. The van der Waals surface area contributed by atoms with Crippen molar-refractivity contribution in [3.05, 3.63) is 11.6 Å². The van der Waals surface area contributed by atoms with Gasteiger partial charge in [-0.1, -0.05) is 47.1 Å². The first kappa shape index (κ1) is 31.3. The van der Waals surface area contributed by atoms with E-state index in [0.717, 1.165) is 77.2 Å². The SMILES string of the molecule is CC(=O)O[C@H]1CC[C@]2(C)[C@H](CC[C@]3(C)[C@@H]2C(=O)C=C2[C@H]4C[C@@](C)(C(=O)OC[C@@H]5CCCO5)CC[C@]4(C)CC[C@@]23C)C1(C)C. The summed E-state index contributed by atoms with van der Waals surface area (Å²) in [6, 6.07) is 0. The lowest BCUT2D eigenvalue weighted by Crippen LogP contribution is -2.66. The molecule has 6 rings (SSSR count). The molecule has 0 unspecified atom stereocenters. The van der Waals surface area contributed by atoms with Crippen LogP contribution in [0.4, 0.5) is 0 Å². The molecule has 10 atom stereocenters. The molecule has 6 nitrogen and oxygen atoms in total. The van der Waals surface area contributed by atoms with Gasteiger partial charge in [0.05, 0.1) is 11.5 Å². The number of esters is 2. The second-order valence-electron chi connectivity index (χ2n) is 17.4. The van der Waals surface area contributed by atoms with E-state index in [9.17, 15) is 14.4 Å². The minimum Gasteiger partial charge on any atom is -0.463 e. The Morgan fingerprint density at radius 1 is 0.930 bits per heavy atom. The third kappa shape index (κ3) is 4.53. The maximum Gasteiger partial charge on any atom is 0.311 e. The van der Waals surface area contributed by atoms with E-state index >= 15 is 0 Å². The molecular weight excluding hydrogens is 540 g/mol. The monoisotopic (exact) mass is 596 g/mol. The number of carbonyl (C=O) groups is 3. The fraction of sp³-hybridized carbons (Fsp3) is 0.865. The van der Waals surface area contributed by atoms with E-state index in [0.29, 0.717) is 18.3 Å². The van der Waals surface area contributed by atoms with E-state index in [1.165, 1.54) is 12.5 Å². The molecule has 1 saturated heterocycles. The van der Waals surface area contributed by atoms with Gasteiger partial charge in [0.1, 0.15) is 12.7 Å². The number of rotatable bonds is 4. The first-order chi connectivity index (χ1) is 20.0. The van der Waals surface area contributed by atoms with Gasteiger partial charge in [-0.25, -0.2) is 0 Å². The van der Waals surface area contributed by atoms with Crippen molar-refractivity contribution in [1.29, 1.82) is 0 Å². The predicted molar refractivity (Wildman–Crippen MR) is 165 cm³/mol. The summed E-state index contributed by atoms with van der Waals surface area (Å²) in [5.74, 6) is 0.440. The first-order valence-corrected chi connectivity index (χ1v) is 17.2. The van der Waals surface area contributed by atoms with E-state index < -0.39 is 5.41 Å². The lowest BCUT2D eigenvalue weighted by atomic mass is 9.33. The van der Waals surface area contributed by atoms with Crippen LogP contribution in [0.1, 0.15) is 126 Å². The van der Waals surface area contributed by atoms with Crippen LogP contribution in [-0.2, 0) is 28.6 Å². The van der Waals surface area contributed by atoms with Crippen LogP contribution in [0.25, 0.3) is 0 Å². The van der Waals surface area contributed by atoms with Crippen LogP contribution in [-0.4, -0.2) is 43.1 Å². The molecule has 1 heterocycles. The Labute approximate surface area is 259 Å². The standard InChI is InChI=1S/C37H56O6/c1-23(38)43-29-12-13-35(6)28(32(29,2)3)11-14-37(8)30(35)27(39)20-25-26-21-34(5,31(40)42-22-24-10-9-19-41-24)16-15-33(26,4)17-18-36(25,37)7/h20,24,26,28-30H,9-19,21-22H2,1-8H3/t24-,26+,28+,29-,30+,33+,34-,35+,36-,37+/m0/s1. The average Bonchev–Trinajstić information content (AvgIpc) is 3.45. The van der Waals surface area contributed by atoms with Crippen LogP contribution < -0.4 is 0 Å². The molecule has 5 fully saturated rings. The zero-order valence-corrected chi connectivity index (χ0v) is 28.1. The molecule has 0 amide bonds. The molecule has 6 heteroatoms. The third-order valence-corrected chi connectivity index (χ3v) is 14.7. The highest BCUT2D eigenvalue weighted by Gasteiger charge is 2.70. The maximum absolute atomic E-state index is 14.6. The quantitative estimate of drug-likeness (QED) is 0.311. The molecule has 5 aliphatic carbocycles. The summed E-state index contributed by atoms with van der Waals surface area (Å²) in [6.45, 7) is 18.9. The summed E-state index contributed by atoms with van der Waals surface area (Å²) >= 11 is 0. The molecule has 43 heavy (non-hydrogen) atoms. The van der Waals surface area contributed by atoms with Gasteiger partial charge in [-0.2, -0.15) is 0 Å². The Bertz CT molecular complexity index is 1210. The minimum absolute atomic E-state index is 0.0282. The number of fused-ring (bicyclic) bond motifs is 7. The van der Waals surface area contributed by atoms with Gasteiger partial charge >= 0.3 is 11.9 Å². The van der Waals surface area contributed by atoms with Gasteiger partial charge in [0.15, 0.2) is 5.78 Å². The van der Waals surface area contributed by atoms with Crippen molar-refractivity contribution in [1.82, 2.24) is 0 Å². The van der Waals surface area contributed by atoms with Crippen LogP contribution in [0.2, 0.25) is 0 Å². The molecule has 4 saturated carbocycles. The molecule has 6 aliphatic rings. The van der Waals surface area contributed by atoms with Crippen molar-refractivity contribution in [3.63, 3.8) is 0 Å². The summed E-state index contributed by atoms with van der Waals surface area (Å²) in [6.07, 6.45) is 12.5. The molecule has 0 aromatic rings. The van der Waals surface area contributed by atoms with Crippen molar-refractivity contribution >= 4 is 17.7 Å². The fourth-order valence-electron chi connectivity index (χ4n) is 11.9. The molecule has 0 aromatic heterocycles. The second-order valence-corrected chi connectivity index (χ2v) is 17.4. The van der Waals surface area contributed by atoms with E-state index in [4.69, 9.17) is 14.2 Å². The van der Waals surface area contributed by atoms with Gasteiger partial charge in [0, 0.05) is 24.9 Å². The van der Waals surface area contributed by atoms with Gasteiger partial charge in [0.2, 0.25) is 0 Å². The fourth-order valence-corrected chi connectivity index (χ4v) is 11.9. The van der Waals surface area contributed by atoms with Crippen molar-refractivity contribution in [3.8, 4) is 0 Å². The Balaban J connectivity index is 1.32. The number of ether oxygens (including phenoxy) is 3. The van der Waals surface area contributed by atoms with Crippen molar-refractivity contribution in [2.45, 2.75) is 138 Å². The molecule has 0 N–H and O–H groups in total. The number of hydrogen-bond donors (Lipinski definition) is 0. The Morgan fingerprint density at radius 3 is 2.33 bits per heavy atom. The van der Waals surface area contributed by atoms with Crippen molar-refractivity contribution in [2.75, 3.05) is 13.2 Å². The van der Waals surface area contributed by atoms with Crippen LogP contribution in [0.15, 0.2) is 11.6 Å². The van der Waals surface area contributed by atoms with E-state index in [2.05, 4.69) is 54.5 Å². The zero-order chi connectivity index (χ0) is 31.2. The Kier molecular flexibility index (Phi) is 7.39. The van der Waals surface area contributed by atoms with Gasteiger partial charge < -0.3 is 14.2 Å². The zero-order valence-electron chi connectivity index (χ0n) is 28.1. The topological polar surface area (TPSA) is 78.9 Å². The number of hydrogen-bond acceptors (Lipinski definition) is 6. The first-order valence-electron chi connectivity index (χ1n) is 17.2. The van der Waals surface area contributed by atoms with Crippen molar-refractivity contribution < 1.29 is 28.6 Å². The maximum atomic E-state index is 14.6. The lowest BCUT2D eigenvalue weighted by molar-refractivity contribution is -0.210. The second kappa shape index (κ2) is 10.2. The van der Waals surface area contributed by atoms with E-state index in [1.54, 1.807) is 0 Å². The molecule has 0 aromatic carbocycles. The third-order valence-electron chi connectivity index (χ3n) is 14.7. The smallest absolute Gasteiger partial charge is 0.311 e. The molecule has 0 spiro atoms. The normalized spacial score (nSPS) is 48.6. The number of carbonyl (C=O) groups excluding carboxylic acids is 3. The van der Waals surface area contributed by atoms with Gasteiger partial charge in [-0.15, -0.1) is 0 Å². The molecule has 1 aliphatic heterocycles. The molecule has 0 bridgehead atoms. The van der Waals surface area contributed by atoms with E-state index in [-0.39, 0.29) is 63.1 Å². The molecule has 0 radical (unpaired) electrons. The predicted octanol–water partition coefficient (Wildman–Crippen LogP) is 7.62. The van der Waals surface area contributed by atoms with Gasteiger partial charge in [-0.3, -0.25) is 14.4 Å². The highest BCUT2D eigenvalue weighted by atomic mass is 16.6. The summed E-state index contributed by atoms with van der Waals surface area (Å²) in [4.78, 5) is 40.2. The highest BCUT2D eigenvalue weighted by molar-refractivity contribution is 5.95. The van der Waals surface area contributed by atoms with Crippen LogP contribution in [0.5, 0.6) is 0 Å². The summed E-state index contributed by atoms with van der Waals surface area (Å²) in [7, 11) is 0. The van der Waals surface area contributed by atoms with Crippen LogP contribution >= 0.6 is 0 Å². The summed E-state index contributed by atoms with van der Waals surface area (Å²) in [5.41, 5.74) is 0.270. The van der Waals surface area contributed by atoms with Gasteiger partial charge in [-0.05, 0) is 117 Å². The minimum atomic E-state index is -0.550. The molecule has 240 valence electrons. The van der Waals surface area contributed by atoms with Crippen LogP contribution in [0, 0.1) is 50.2 Å². The number of allylic oxidation sites excluding steroid dienone is 2.